The average molecular weight is 457 g/mol. The van der Waals surface area contributed by atoms with E-state index in [1.807, 2.05) is 0 Å². The number of aromatic amines is 1. The molecule has 2 nitrogen and oxygen atoms in total. The zero-order valence-corrected chi connectivity index (χ0v) is 21.5. The molecule has 0 fully saturated rings. The molecule has 0 amide bonds. The summed E-state index contributed by atoms with van der Waals surface area (Å²) >= 11 is 0. The zero-order chi connectivity index (χ0) is 24.3. The molecule has 1 aliphatic carbocycles. The van der Waals surface area contributed by atoms with Gasteiger partial charge in [0.25, 0.3) is 0 Å². The monoisotopic (exact) mass is 456 g/mol. The van der Waals surface area contributed by atoms with Gasteiger partial charge in [0, 0.05) is 32.6 Å². The minimum Gasteiger partial charge on any atom is -0.354 e. The van der Waals surface area contributed by atoms with Crippen molar-refractivity contribution in [2.75, 3.05) is 0 Å². The normalized spacial score (nSPS) is 18.1. The maximum absolute atomic E-state index is 3.65. The number of nitrogens with one attached hydrogen (secondary N) is 1. The van der Waals surface area contributed by atoms with Crippen LogP contribution in [0.4, 0.5) is 0 Å². The van der Waals surface area contributed by atoms with E-state index < -0.39 is 0 Å². The van der Waals surface area contributed by atoms with Crippen LogP contribution in [0.15, 0.2) is 78.9 Å². The quantitative estimate of drug-likeness (QED) is 0.255. The van der Waals surface area contributed by atoms with E-state index in [2.05, 4.69) is 130 Å². The van der Waals surface area contributed by atoms with Crippen molar-refractivity contribution in [1.29, 1.82) is 0 Å². The number of aromatic nitrogens is 2. The molecule has 0 radical (unpaired) electrons. The highest BCUT2D eigenvalue weighted by atomic mass is 15.0. The van der Waals surface area contributed by atoms with Crippen molar-refractivity contribution in [2.24, 2.45) is 5.41 Å². The molecule has 0 saturated carbocycles. The summed E-state index contributed by atoms with van der Waals surface area (Å²) in [6, 6.07) is 29.1. The molecular formula is C33H32N2. The van der Waals surface area contributed by atoms with Crippen LogP contribution in [0.3, 0.4) is 0 Å². The lowest BCUT2D eigenvalue weighted by atomic mass is 9.59. The van der Waals surface area contributed by atoms with Crippen LogP contribution in [0.1, 0.15) is 52.7 Å². The highest BCUT2D eigenvalue weighted by Gasteiger charge is 2.57. The highest BCUT2D eigenvalue weighted by molar-refractivity contribution is 6.28. The lowest BCUT2D eigenvalue weighted by Gasteiger charge is -2.44. The lowest BCUT2D eigenvalue weighted by molar-refractivity contribution is 0.125. The van der Waals surface area contributed by atoms with Crippen molar-refractivity contribution >= 4 is 43.6 Å². The Morgan fingerprint density at radius 1 is 0.571 bits per heavy atom. The van der Waals surface area contributed by atoms with Crippen LogP contribution < -0.4 is 0 Å². The van der Waals surface area contributed by atoms with E-state index in [1.165, 1.54) is 60.4 Å². The van der Waals surface area contributed by atoms with E-state index in [4.69, 9.17) is 0 Å². The standard InChI is InChI=1S/C33H32N2/c1-31(2)22-14-11-17-27(30(22)32(3,4)33(31,5)6)35-25-16-10-8-13-21(25)29-26(35)19-18-24-28(29)20-12-7-9-15-23(20)34-24/h7-19,34H,1-6H3. The van der Waals surface area contributed by atoms with Gasteiger partial charge in [-0.15, -0.1) is 0 Å². The van der Waals surface area contributed by atoms with Crippen LogP contribution in [0.2, 0.25) is 0 Å². The van der Waals surface area contributed by atoms with Crippen LogP contribution in [0.5, 0.6) is 0 Å². The molecule has 1 aliphatic rings. The van der Waals surface area contributed by atoms with Gasteiger partial charge in [-0.1, -0.05) is 90.1 Å². The van der Waals surface area contributed by atoms with Gasteiger partial charge in [-0.25, -0.2) is 0 Å². The number of hydrogen-bond acceptors (Lipinski definition) is 0. The van der Waals surface area contributed by atoms with E-state index >= 15 is 0 Å². The second-order valence-corrected chi connectivity index (χ2v) is 12.0. The second-order valence-electron chi connectivity index (χ2n) is 12.0. The number of fused-ring (bicyclic) bond motifs is 8. The van der Waals surface area contributed by atoms with Crippen LogP contribution in [0, 0.1) is 5.41 Å². The fourth-order valence-corrected chi connectivity index (χ4v) is 6.99. The highest BCUT2D eigenvalue weighted by Crippen LogP contribution is 2.63. The molecule has 4 aromatic carbocycles. The molecule has 0 saturated heterocycles. The van der Waals surface area contributed by atoms with E-state index in [9.17, 15) is 0 Å². The smallest absolute Gasteiger partial charge is 0.0549 e. The Morgan fingerprint density at radius 3 is 2.09 bits per heavy atom. The summed E-state index contributed by atoms with van der Waals surface area (Å²) in [5.74, 6) is 0. The van der Waals surface area contributed by atoms with Crippen molar-refractivity contribution < 1.29 is 0 Å². The summed E-state index contributed by atoms with van der Waals surface area (Å²) < 4.78 is 2.53. The molecule has 0 spiro atoms. The Kier molecular flexibility index (Phi) is 3.79. The van der Waals surface area contributed by atoms with Gasteiger partial charge in [0.05, 0.1) is 16.7 Å². The fourth-order valence-electron chi connectivity index (χ4n) is 6.99. The summed E-state index contributed by atoms with van der Waals surface area (Å²) in [5.41, 5.74) is 9.41. The minimum atomic E-state index is 0.0189. The zero-order valence-electron chi connectivity index (χ0n) is 21.5. The second kappa shape index (κ2) is 6.37. The minimum absolute atomic E-state index is 0.0189. The SMILES string of the molecule is CC1(C)c2cccc(-n3c4ccccc4c4c5c(ccc43)[nH]c3ccccc35)c2C(C)(C)C1(C)C. The molecular weight excluding hydrogens is 424 g/mol. The molecule has 6 aromatic rings. The molecule has 7 rings (SSSR count). The third-order valence-corrected chi connectivity index (χ3v) is 10.0. The number of benzene rings is 4. The van der Waals surface area contributed by atoms with Gasteiger partial charge in [0.2, 0.25) is 0 Å². The lowest BCUT2D eigenvalue weighted by Crippen LogP contribution is -2.42. The third kappa shape index (κ3) is 2.31. The van der Waals surface area contributed by atoms with Gasteiger partial charge in [-0.05, 0) is 57.7 Å². The Morgan fingerprint density at radius 2 is 1.29 bits per heavy atom. The molecule has 2 heterocycles. The van der Waals surface area contributed by atoms with Crippen molar-refractivity contribution in [1.82, 2.24) is 9.55 Å². The summed E-state index contributed by atoms with van der Waals surface area (Å²) in [6.07, 6.45) is 0. The summed E-state index contributed by atoms with van der Waals surface area (Å²) in [7, 11) is 0. The van der Waals surface area contributed by atoms with Gasteiger partial charge in [-0.2, -0.15) is 0 Å². The molecule has 0 atom stereocenters. The van der Waals surface area contributed by atoms with Crippen molar-refractivity contribution in [2.45, 2.75) is 52.4 Å². The van der Waals surface area contributed by atoms with E-state index in [0.29, 0.717) is 0 Å². The van der Waals surface area contributed by atoms with Gasteiger partial charge < -0.3 is 9.55 Å². The van der Waals surface area contributed by atoms with Crippen molar-refractivity contribution in [3.63, 3.8) is 0 Å². The number of nitrogens with zero attached hydrogens (tertiary/aromatic N) is 1. The fraction of sp³-hybridized carbons (Fsp3) is 0.273. The topological polar surface area (TPSA) is 20.7 Å². The Labute approximate surface area is 206 Å². The molecule has 2 heteroatoms. The third-order valence-electron chi connectivity index (χ3n) is 10.0. The molecule has 2 aromatic heterocycles. The first-order chi connectivity index (χ1) is 16.7. The summed E-state index contributed by atoms with van der Waals surface area (Å²) in [4.78, 5) is 3.65. The van der Waals surface area contributed by atoms with Gasteiger partial charge >= 0.3 is 0 Å². The number of para-hydroxylation sites is 2. The predicted molar refractivity (Wildman–Crippen MR) is 150 cm³/mol. The van der Waals surface area contributed by atoms with Crippen LogP contribution in [-0.2, 0) is 10.8 Å². The molecule has 0 aliphatic heterocycles. The average Bonchev–Trinajstić information content (AvgIpc) is 3.41. The summed E-state index contributed by atoms with van der Waals surface area (Å²) in [5, 5.41) is 5.25. The largest absolute Gasteiger partial charge is 0.354 e. The van der Waals surface area contributed by atoms with Crippen LogP contribution in [-0.4, -0.2) is 9.55 Å². The van der Waals surface area contributed by atoms with Crippen molar-refractivity contribution in [3.05, 3.63) is 90.0 Å². The van der Waals surface area contributed by atoms with Gasteiger partial charge in [0.1, 0.15) is 0 Å². The first-order valence-electron chi connectivity index (χ1n) is 12.7. The molecule has 174 valence electrons. The summed E-state index contributed by atoms with van der Waals surface area (Å²) in [6.45, 7) is 14.6. The maximum Gasteiger partial charge on any atom is 0.0549 e. The predicted octanol–water partition coefficient (Wildman–Crippen LogP) is 9.01. The van der Waals surface area contributed by atoms with Gasteiger partial charge in [-0.3, -0.25) is 0 Å². The molecule has 0 bridgehead atoms. The van der Waals surface area contributed by atoms with E-state index in [0.717, 1.165) is 0 Å². The number of hydrogen-bond donors (Lipinski definition) is 1. The Hall–Kier alpha value is -3.52. The number of H-pyrrole nitrogens is 1. The Balaban J connectivity index is 1.69. The number of rotatable bonds is 1. The molecule has 0 unspecified atom stereocenters. The van der Waals surface area contributed by atoms with Crippen LogP contribution >= 0.6 is 0 Å². The van der Waals surface area contributed by atoms with Crippen LogP contribution in [0.25, 0.3) is 49.3 Å². The first-order valence-corrected chi connectivity index (χ1v) is 12.7. The van der Waals surface area contributed by atoms with E-state index in [1.54, 1.807) is 0 Å². The molecule has 1 N–H and O–H groups in total. The maximum atomic E-state index is 3.65. The van der Waals surface area contributed by atoms with E-state index in [-0.39, 0.29) is 16.2 Å². The van der Waals surface area contributed by atoms with Crippen molar-refractivity contribution in [3.8, 4) is 5.69 Å². The Bertz CT molecular complexity index is 1820. The van der Waals surface area contributed by atoms with Gasteiger partial charge in [0.15, 0.2) is 0 Å². The first kappa shape index (κ1) is 20.8. The molecule has 35 heavy (non-hydrogen) atoms.